The first-order valence-corrected chi connectivity index (χ1v) is 6.57. The van der Waals surface area contributed by atoms with Crippen molar-refractivity contribution in [3.63, 3.8) is 0 Å². The maximum atomic E-state index is 4.37. The van der Waals surface area contributed by atoms with E-state index in [1.165, 1.54) is 5.56 Å². The summed E-state index contributed by atoms with van der Waals surface area (Å²) in [6.07, 6.45) is 4.94. The molecule has 0 fully saturated rings. The second-order valence-electron chi connectivity index (χ2n) is 4.60. The van der Waals surface area contributed by atoms with Gasteiger partial charge in [0.1, 0.15) is 5.82 Å². The van der Waals surface area contributed by atoms with Gasteiger partial charge in [0.2, 0.25) is 0 Å². The molecule has 0 aliphatic heterocycles. The van der Waals surface area contributed by atoms with Crippen LogP contribution in [0.5, 0.6) is 0 Å². The van der Waals surface area contributed by atoms with Crippen LogP contribution >= 0.6 is 0 Å². The number of nitrogens with zero attached hydrogens (tertiary/aromatic N) is 2. The van der Waals surface area contributed by atoms with Crippen molar-refractivity contribution in [2.24, 2.45) is 0 Å². The molecule has 0 saturated heterocycles. The molecule has 1 unspecified atom stereocenters. The van der Waals surface area contributed by atoms with Crippen LogP contribution in [0.15, 0.2) is 42.7 Å². The number of benzene rings is 1. The van der Waals surface area contributed by atoms with Gasteiger partial charge in [-0.25, -0.2) is 4.98 Å². The summed E-state index contributed by atoms with van der Waals surface area (Å²) in [5, 5.41) is 3.52. The first-order chi connectivity index (χ1) is 8.79. The molecule has 18 heavy (non-hydrogen) atoms. The van der Waals surface area contributed by atoms with E-state index in [4.69, 9.17) is 0 Å². The van der Waals surface area contributed by atoms with Crippen molar-refractivity contribution in [3.8, 4) is 0 Å². The van der Waals surface area contributed by atoms with Gasteiger partial charge in [-0.1, -0.05) is 30.3 Å². The number of imidazole rings is 1. The van der Waals surface area contributed by atoms with E-state index in [2.05, 4.69) is 59.0 Å². The first-order valence-electron chi connectivity index (χ1n) is 6.57. The number of hydrogen-bond acceptors (Lipinski definition) is 2. The highest BCUT2D eigenvalue weighted by molar-refractivity contribution is 5.15. The normalized spacial score (nSPS) is 12.6. The summed E-state index contributed by atoms with van der Waals surface area (Å²) in [4.78, 5) is 4.37. The lowest BCUT2D eigenvalue weighted by molar-refractivity contribution is 0.519. The Bertz CT molecular complexity index is 462. The highest BCUT2D eigenvalue weighted by atomic mass is 15.1. The smallest absolute Gasteiger partial charge is 0.122 e. The molecule has 0 amide bonds. The van der Waals surface area contributed by atoms with Crippen LogP contribution in [0.25, 0.3) is 0 Å². The molecule has 1 aromatic carbocycles. The number of rotatable bonds is 6. The molecule has 0 bridgehead atoms. The highest BCUT2D eigenvalue weighted by Crippen LogP contribution is 2.04. The number of aromatic nitrogens is 2. The summed E-state index contributed by atoms with van der Waals surface area (Å²) < 4.78 is 2.17. The molecule has 3 nitrogen and oxygen atoms in total. The van der Waals surface area contributed by atoms with Crippen LogP contribution < -0.4 is 5.32 Å². The van der Waals surface area contributed by atoms with Crippen molar-refractivity contribution in [3.05, 3.63) is 54.1 Å². The summed E-state index contributed by atoms with van der Waals surface area (Å²) in [6, 6.07) is 11.0. The fraction of sp³-hybridized carbons (Fsp3) is 0.400. The predicted octanol–water partition coefficient (Wildman–Crippen LogP) is 2.62. The highest BCUT2D eigenvalue weighted by Gasteiger charge is 2.05. The van der Waals surface area contributed by atoms with Gasteiger partial charge in [0.05, 0.1) is 6.54 Å². The molecule has 3 heteroatoms. The minimum absolute atomic E-state index is 0.453. The molecule has 0 aliphatic carbocycles. The second-order valence-corrected chi connectivity index (χ2v) is 4.60. The Morgan fingerprint density at radius 3 is 2.78 bits per heavy atom. The first kappa shape index (κ1) is 12.8. The lowest BCUT2D eigenvalue weighted by atomic mass is 10.1. The molecule has 1 atom stereocenters. The molecule has 2 aromatic rings. The average molecular weight is 243 g/mol. The molecule has 1 aromatic heterocycles. The van der Waals surface area contributed by atoms with Crippen molar-refractivity contribution < 1.29 is 0 Å². The fourth-order valence-electron chi connectivity index (χ4n) is 2.10. The van der Waals surface area contributed by atoms with Crippen LogP contribution in [-0.4, -0.2) is 15.6 Å². The number of hydrogen-bond donors (Lipinski definition) is 1. The SMILES string of the molecule is CCn1ccnc1CNC(C)Cc1ccccc1. The van der Waals surface area contributed by atoms with Gasteiger partial charge < -0.3 is 9.88 Å². The summed E-state index contributed by atoms with van der Waals surface area (Å²) in [6.45, 7) is 6.16. The zero-order valence-electron chi connectivity index (χ0n) is 11.1. The Balaban J connectivity index is 1.83. The minimum Gasteiger partial charge on any atom is -0.334 e. The van der Waals surface area contributed by atoms with E-state index in [1.807, 2.05) is 12.4 Å². The monoisotopic (exact) mass is 243 g/mol. The summed E-state index contributed by atoms with van der Waals surface area (Å²) in [7, 11) is 0. The third-order valence-corrected chi connectivity index (χ3v) is 3.14. The Labute approximate surface area is 109 Å². The zero-order valence-corrected chi connectivity index (χ0v) is 11.1. The van der Waals surface area contributed by atoms with E-state index in [0.717, 1.165) is 25.3 Å². The van der Waals surface area contributed by atoms with Crippen molar-refractivity contribution in [2.75, 3.05) is 0 Å². The Hall–Kier alpha value is -1.61. The van der Waals surface area contributed by atoms with Crippen LogP contribution in [0.2, 0.25) is 0 Å². The third kappa shape index (κ3) is 3.44. The third-order valence-electron chi connectivity index (χ3n) is 3.14. The van der Waals surface area contributed by atoms with E-state index in [-0.39, 0.29) is 0 Å². The van der Waals surface area contributed by atoms with Crippen molar-refractivity contribution in [2.45, 2.75) is 39.4 Å². The van der Waals surface area contributed by atoms with Crippen molar-refractivity contribution >= 4 is 0 Å². The molecular formula is C15H21N3. The van der Waals surface area contributed by atoms with Gasteiger partial charge >= 0.3 is 0 Å². The molecule has 0 saturated carbocycles. The van der Waals surface area contributed by atoms with Gasteiger partial charge in [0.25, 0.3) is 0 Å². The van der Waals surface area contributed by atoms with Crippen molar-refractivity contribution in [1.29, 1.82) is 0 Å². The topological polar surface area (TPSA) is 29.9 Å². The van der Waals surface area contributed by atoms with Gasteiger partial charge in [-0.2, -0.15) is 0 Å². The average Bonchev–Trinajstić information content (AvgIpc) is 2.85. The predicted molar refractivity (Wildman–Crippen MR) is 74.3 cm³/mol. The summed E-state index contributed by atoms with van der Waals surface area (Å²) in [5.41, 5.74) is 1.37. The molecular weight excluding hydrogens is 222 g/mol. The molecule has 1 N–H and O–H groups in total. The van der Waals surface area contributed by atoms with Crippen LogP contribution in [0.1, 0.15) is 25.2 Å². The Kier molecular flexibility index (Phi) is 4.53. The molecule has 2 rings (SSSR count). The van der Waals surface area contributed by atoms with Crippen LogP contribution in [0.3, 0.4) is 0 Å². The lowest BCUT2D eigenvalue weighted by Crippen LogP contribution is -2.28. The van der Waals surface area contributed by atoms with Crippen LogP contribution in [0, 0.1) is 0 Å². The van der Waals surface area contributed by atoms with Gasteiger partial charge in [-0.15, -0.1) is 0 Å². The largest absolute Gasteiger partial charge is 0.334 e. The van der Waals surface area contributed by atoms with E-state index < -0.39 is 0 Å². The molecule has 0 spiro atoms. The van der Waals surface area contributed by atoms with Gasteiger partial charge in [0, 0.05) is 25.0 Å². The maximum Gasteiger partial charge on any atom is 0.122 e. The lowest BCUT2D eigenvalue weighted by Gasteiger charge is -2.14. The number of nitrogens with one attached hydrogen (secondary N) is 1. The van der Waals surface area contributed by atoms with Gasteiger partial charge in [0.15, 0.2) is 0 Å². The Morgan fingerprint density at radius 2 is 2.06 bits per heavy atom. The minimum atomic E-state index is 0.453. The van der Waals surface area contributed by atoms with Crippen LogP contribution in [-0.2, 0) is 19.5 Å². The second kappa shape index (κ2) is 6.36. The van der Waals surface area contributed by atoms with Crippen molar-refractivity contribution in [1.82, 2.24) is 14.9 Å². The molecule has 0 radical (unpaired) electrons. The quantitative estimate of drug-likeness (QED) is 0.845. The standard InChI is InChI=1S/C15H21N3/c1-3-18-10-9-16-15(18)12-17-13(2)11-14-7-5-4-6-8-14/h4-10,13,17H,3,11-12H2,1-2H3. The van der Waals surface area contributed by atoms with E-state index >= 15 is 0 Å². The summed E-state index contributed by atoms with van der Waals surface area (Å²) >= 11 is 0. The van der Waals surface area contributed by atoms with E-state index in [1.54, 1.807) is 0 Å². The molecule has 0 aliphatic rings. The van der Waals surface area contributed by atoms with Gasteiger partial charge in [-0.3, -0.25) is 0 Å². The van der Waals surface area contributed by atoms with E-state index in [9.17, 15) is 0 Å². The summed E-state index contributed by atoms with van der Waals surface area (Å²) in [5.74, 6) is 1.11. The molecule has 1 heterocycles. The van der Waals surface area contributed by atoms with E-state index in [0.29, 0.717) is 6.04 Å². The Morgan fingerprint density at radius 1 is 1.28 bits per heavy atom. The van der Waals surface area contributed by atoms with Gasteiger partial charge in [-0.05, 0) is 25.8 Å². The number of aryl methyl sites for hydroxylation is 1. The fourth-order valence-corrected chi connectivity index (χ4v) is 2.10. The zero-order chi connectivity index (χ0) is 12.8. The molecule has 96 valence electrons. The van der Waals surface area contributed by atoms with Crippen LogP contribution in [0.4, 0.5) is 0 Å². The maximum absolute atomic E-state index is 4.37.